The van der Waals surface area contributed by atoms with Gasteiger partial charge in [0.1, 0.15) is 0 Å². The lowest BCUT2D eigenvalue weighted by atomic mass is 10.0. The Kier molecular flexibility index (Phi) is 3.52. The van der Waals surface area contributed by atoms with E-state index in [0.717, 1.165) is 10.6 Å². The van der Waals surface area contributed by atoms with Crippen molar-refractivity contribution in [2.45, 2.75) is 24.8 Å². The second-order valence-electron chi connectivity index (χ2n) is 3.25. The number of carboxylic acids is 1. The molecule has 0 fully saturated rings. The molecule has 0 aliphatic heterocycles. The molecule has 0 aliphatic rings. The summed E-state index contributed by atoms with van der Waals surface area (Å²) in [5, 5.41) is 9.71. The number of nitrogens with zero attached hydrogens (tertiary/aromatic N) is 1. The fourth-order valence-corrected chi connectivity index (χ4v) is 1.59. The van der Waals surface area contributed by atoms with E-state index in [-0.39, 0.29) is 11.6 Å². The maximum Gasteiger partial charge on any atom is 0.354 e. The van der Waals surface area contributed by atoms with Gasteiger partial charge in [-0.1, -0.05) is 19.9 Å². The number of pyridine rings is 1. The first-order valence-corrected chi connectivity index (χ1v) is 5.57. The highest BCUT2D eigenvalue weighted by Crippen LogP contribution is 2.21. The van der Waals surface area contributed by atoms with Crippen molar-refractivity contribution in [3.8, 4) is 0 Å². The van der Waals surface area contributed by atoms with Crippen LogP contribution in [-0.2, 0) is 0 Å². The highest BCUT2D eigenvalue weighted by molar-refractivity contribution is 7.98. The van der Waals surface area contributed by atoms with Crippen LogP contribution in [0.25, 0.3) is 0 Å². The van der Waals surface area contributed by atoms with E-state index in [0.29, 0.717) is 0 Å². The van der Waals surface area contributed by atoms with Crippen LogP contribution < -0.4 is 0 Å². The molecular formula is C10H13NO2S. The molecule has 0 atom stereocenters. The molecule has 1 aromatic rings. The van der Waals surface area contributed by atoms with Crippen molar-refractivity contribution in [1.29, 1.82) is 0 Å². The van der Waals surface area contributed by atoms with Crippen molar-refractivity contribution in [3.63, 3.8) is 0 Å². The molecule has 0 aliphatic carbocycles. The van der Waals surface area contributed by atoms with Crippen molar-refractivity contribution in [2.24, 2.45) is 0 Å². The first-order valence-electron chi connectivity index (χ1n) is 4.34. The summed E-state index contributed by atoms with van der Waals surface area (Å²) in [6, 6.07) is 3.69. The lowest BCUT2D eigenvalue weighted by Crippen LogP contribution is -2.07. The molecular weight excluding hydrogens is 198 g/mol. The first-order chi connectivity index (χ1) is 6.56. The Morgan fingerprint density at radius 1 is 1.50 bits per heavy atom. The van der Waals surface area contributed by atoms with E-state index < -0.39 is 5.97 Å². The van der Waals surface area contributed by atoms with Crippen LogP contribution in [0.3, 0.4) is 0 Å². The van der Waals surface area contributed by atoms with Crippen molar-refractivity contribution >= 4 is 17.7 Å². The third kappa shape index (κ3) is 2.26. The molecule has 0 aromatic carbocycles. The van der Waals surface area contributed by atoms with E-state index in [1.54, 1.807) is 0 Å². The normalized spacial score (nSPS) is 10.6. The summed E-state index contributed by atoms with van der Waals surface area (Å²) in [5.41, 5.74) is 0.960. The quantitative estimate of drug-likeness (QED) is 0.781. The second-order valence-corrected chi connectivity index (χ2v) is 4.08. The predicted octanol–water partition coefficient (Wildman–Crippen LogP) is 2.63. The molecule has 0 spiro atoms. The standard InChI is InChI=1S/C10H13NO2S/c1-6(2)7-4-5-8(14-3)11-9(7)10(12)13/h4-6H,1-3H3,(H,12,13). The molecule has 0 saturated carbocycles. The minimum atomic E-state index is -0.954. The number of aromatic carboxylic acids is 1. The Morgan fingerprint density at radius 2 is 2.14 bits per heavy atom. The van der Waals surface area contributed by atoms with Gasteiger partial charge in [0, 0.05) is 0 Å². The van der Waals surface area contributed by atoms with Crippen LogP contribution in [0.1, 0.15) is 35.8 Å². The highest BCUT2D eigenvalue weighted by atomic mass is 32.2. The molecule has 0 unspecified atom stereocenters. The molecule has 14 heavy (non-hydrogen) atoms. The van der Waals surface area contributed by atoms with Gasteiger partial charge in [0.2, 0.25) is 0 Å². The van der Waals surface area contributed by atoms with Gasteiger partial charge in [-0.2, -0.15) is 0 Å². The van der Waals surface area contributed by atoms with Crippen molar-refractivity contribution < 1.29 is 9.90 Å². The number of hydrogen-bond acceptors (Lipinski definition) is 3. The van der Waals surface area contributed by atoms with Gasteiger partial charge in [-0.15, -0.1) is 11.8 Å². The number of rotatable bonds is 3. The Balaban J connectivity index is 3.24. The van der Waals surface area contributed by atoms with Crippen LogP contribution in [0.4, 0.5) is 0 Å². The number of carboxylic acid groups (broad SMARTS) is 1. The van der Waals surface area contributed by atoms with E-state index in [1.165, 1.54) is 11.8 Å². The average Bonchev–Trinajstić information content (AvgIpc) is 2.16. The van der Waals surface area contributed by atoms with Crippen LogP contribution in [0.5, 0.6) is 0 Å². The Hall–Kier alpha value is -1.03. The van der Waals surface area contributed by atoms with Gasteiger partial charge < -0.3 is 5.11 Å². The largest absolute Gasteiger partial charge is 0.477 e. The summed E-state index contributed by atoms with van der Waals surface area (Å²) in [6.07, 6.45) is 1.88. The molecule has 0 radical (unpaired) electrons. The van der Waals surface area contributed by atoms with Crippen molar-refractivity contribution in [3.05, 3.63) is 23.4 Å². The lowest BCUT2D eigenvalue weighted by molar-refractivity contribution is 0.0688. The maximum absolute atomic E-state index is 10.9. The van der Waals surface area contributed by atoms with E-state index in [2.05, 4.69) is 4.98 Å². The van der Waals surface area contributed by atoms with Crippen molar-refractivity contribution in [2.75, 3.05) is 6.26 Å². The van der Waals surface area contributed by atoms with Crippen LogP contribution >= 0.6 is 11.8 Å². The Morgan fingerprint density at radius 3 is 2.57 bits per heavy atom. The van der Waals surface area contributed by atoms with Gasteiger partial charge in [-0.05, 0) is 23.8 Å². The van der Waals surface area contributed by atoms with Crippen LogP contribution in [0.15, 0.2) is 17.2 Å². The molecule has 4 heteroatoms. The van der Waals surface area contributed by atoms with Crippen LogP contribution in [0, 0.1) is 0 Å². The molecule has 0 amide bonds. The van der Waals surface area contributed by atoms with Crippen LogP contribution in [0.2, 0.25) is 0 Å². The fourth-order valence-electron chi connectivity index (χ4n) is 1.20. The number of thioether (sulfide) groups is 1. The van der Waals surface area contributed by atoms with Gasteiger partial charge in [0.05, 0.1) is 5.03 Å². The zero-order valence-corrected chi connectivity index (χ0v) is 9.26. The fraction of sp³-hybridized carbons (Fsp3) is 0.400. The van der Waals surface area contributed by atoms with Crippen molar-refractivity contribution in [1.82, 2.24) is 4.98 Å². The number of carbonyl (C=O) groups is 1. The molecule has 1 aromatic heterocycles. The molecule has 3 nitrogen and oxygen atoms in total. The Labute approximate surface area is 87.6 Å². The maximum atomic E-state index is 10.9. The summed E-state index contributed by atoms with van der Waals surface area (Å²) in [6.45, 7) is 3.92. The SMILES string of the molecule is CSc1ccc(C(C)C)c(C(=O)O)n1. The molecule has 76 valence electrons. The number of aromatic nitrogens is 1. The van der Waals surface area contributed by atoms with Gasteiger partial charge in [0.25, 0.3) is 0 Å². The third-order valence-electron chi connectivity index (χ3n) is 1.93. The van der Waals surface area contributed by atoms with E-state index in [1.807, 2.05) is 32.2 Å². The monoisotopic (exact) mass is 211 g/mol. The van der Waals surface area contributed by atoms with Gasteiger partial charge in [-0.3, -0.25) is 0 Å². The summed E-state index contributed by atoms with van der Waals surface area (Å²) in [5.74, 6) is -0.769. The molecule has 0 bridgehead atoms. The van der Waals surface area contributed by atoms with Gasteiger partial charge in [-0.25, -0.2) is 9.78 Å². The van der Waals surface area contributed by atoms with E-state index in [9.17, 15) is 4.79 Å². The van der Waals surface area contributed by atoms with Gasteiger partial charge >= 0.3 is 5.97 Å². The zero-order chi connectivity index (χ0) is 10.7. The predicted molar refractivity (Wildman–Crippen MR) is 57.1 cm³/mol. The summed E-state index contributed by atoms with van der Waals surface area (Å²) >= 11 is 1.45. The second kappa shape index (κ2) is 4.46. The third-order valence-corrected chi connectivity index (χ3v) is 2.58. The Bertz CT molecular complexity index is 350. The molecule has 1 heterocycles. The number of hydrogen-bond donors (Lipinski definition) is 1. The first kappa shape index (κ1) is 11.0. The van der Waals surface area contributed by atoms with E-state index in [4.69, 9.17) is 5.11 Å². The zero-order valence-electron chi connectivity index (χ0n) is 8.44. The topological polar surface area (TPSA) is 50.2 Å². The highest BCUT2D eigenvalue weighted by Gasteiger charge is 2.14. The van der Waals surface area contributed by atoms with Gasteiger partial charge in [0.15, 0.2) is 5.69 Å². The molecule has 0 saturated heterocycles. The van der Waals surface area contributed by atoms with E-state index >= 15 is 0 Å². The smallest absolute Gasteiger partial charge is 0.354 e. The summed E-state index contributed by atoms with van der Waals surface area (Å²) in [4.78, 5) is 15.0. The summed E-state index contributed by atoms with van der Waals surface area (Å²) < 4.78 is 0. The minimum Gasteiger partial charge on any atom is -0.477 e. The van der Waals surface area contributed by atoms with Crippen LogP contribution in [-0.4, -0.2) is 22.3 Å². The molecule has 1 rings (SSSR count). The molecule has 1 N–H and O–H groups in total. The minimum absolute atomic E-state index is 0.173. The summed E-state index contributed by atoms with van der Waals surface area (Å²) in [7, 11) is 0. The lowest BCUT2D eigenvalue weighted by Gasteiger charge is -2.09. The average molecular weight is 211 g/mol.